The van der Waals surface area contributed by atoms with Gasteiger partial charge >= 0.3 is 0 Å². The van der Waals surface area contributed by atoms with Crippen LogP contribution in [0.2, 0.25) is 0 Å². The Labute approximate surface area is 220 Å². The number of nitrogens with zero attached hydrogens (tertiary/aromatic N) is 5. The molecule has 0 bridgehead atoms. The highest BCUT2D eigenvalue weighted by Crippen LogP contribution is 2.35. The van der Waals surface area contributed by atoms with Gasteiger partial charge in [-0.1, -0.05) is 55.2 Å². The van der Waals surface area contributed by atoms with E-state index in [0.717, 1.165) is 38.2 Å². The van der Waals surface area contributed by atoms with Crippen LogP contribution in [0, 0.1) is 6.92 Å². The summed E-state index contributed by atoms with van der Waals surface area (Å²) in [6, 6.07) is 14.1. The Morgan fingerprint density at radius 2 is 1.75 bits per heavy atom. The number of benzene rings is 1. The highest BCUT2D eigenvalue weighted by atomic mass is 32.2. The molecule has 2 aliphatic heterocycles. The monoisotopic (exact) mass is 519 g/mol. The van der Waals surface area contributed by atoms with E-state index in [4.69, 9.17) is 17.2 Å². The molecular formula is C27H29N5O2S2. The maximum absolute atomic E-state index is 13.8. The molecule has 0 radical (unpaired) electrons. The van der Waals surface area contributed by atoms with Crippen molar-refractivity contribution in [1.29, 1.82) is 0 Å². The summed E-state index contributed by atoms with van der Waals surface area (Å²) < 4.78 is 2.10. The molecule has 9 heteroatoms. The number of hydrogen-bond acceptors (Lipinski definition) is 7. The number of aromatic nitrogens is 2. The van der Waals surface area contributed by atoms with E-state index in [-0.39, 0.29) is 17.5 Å². The van der Waals surface area contributed by atoms with Crippen LogP contribution in [-0.4, -0.2) is 56.7 Å². The van der Waals surface area contributed by atoms with E-state index < -0.39 is 0 Å². The molecule has 36 heavy (non-hydrogen) atoms. The van der Waals surface area contributed by atoms with Crippen molar-refractivity contribution in [2.24, 2.45) is 0 Å². The number of carbonyl (C=O) groups is 1. The minimum atomic E-state index is -0.182. The van der Waals surface area contributed by atoms with Gasteiger partial charge in [-0.25, -0.2) is 4.98 Å². The summed E-state index contributed by atoms with van der Waals surface area (Å²) in [6.45, 7) is 9.04. The minimum absolute atomic E-state index is 0.00686. The summed E-state index contributed by atoms with van der Waals surface area (Å²) in [6.07, 6.45) is 4.23. The van der Waals surface area contributed by atoms with E-state index in [2.05, 4.69) is 21.9 Å². The van der Waals surface area contributed by atoms with Crippen LogP contribution >= 0.6 is 24.0 Å². The molecule has 0 N–H and O–H groups in total. The first-order valence-electron chi connectivity index (χ1n) is 12.2. The summed E-state index contributed by atoms with van der Waals surface area (Å²) in [5, 5.41) is 0. The molecule has 1 unspecified atom stereocenters. The largest absolute Gasteiger partial charge is 0.368 e. The number of carbonyl (C=O) groups excluding carboxylic acids is 1. The Morgan fingerprint density at radius 3 is 2.44 bits per heavy atom. The Kier molecular flexibility index (Phi) is 6.85. The molecule has 2 aromatic heterocycles. The second-order valence-corrected chi connectivity index (χ2v) is 10.8. The lowest BCUT2D eigenvalue weighted by molar-refractivity contribution is -0.123. The fourth-order valence-corrected chi connectivity index (χ4v) is 6.10. The molecule has 7 nitrogen and oxygen atoms in total. The fraction of sp³-hybridized carbons (Fsp3) is 0.333. The number of piperazine rings is 1. The third-order valence-electron chi connectivity index (χ3n) is 6.90. The van der Waals surface area contributed by atoms with Crippen molar-refractivity contribution >= 4 is 57.4 Å². The standard InChI is InChI=1S/C27H29N5O2S2/c1-4-19(3)32-26(34)22(36-27(32)35)17-21-24(28-23-18(2)9-8-12-31(23)25(21)33)30-15-13-29(14-16-30)20-10-6-5-7-11-20/h5-12,17,19H,4,13-16H2,1-3H3. The van der Waals surface area contributed by atoms with Crippen LogP contribution in [0.4, 0.5) is 11.5 Å². The Balaban J connectivity index is 1.56. The highest BCUT2D eigenvalue weighted by Gasteiger charge is 2.35. The predicted octanol–water partition coefficient (Wildman–Crippen LogP) is 4.33. The van der Waals surface area contributed by atoms with E-state index in [0.29, 0.717) is 26.3 Å². The number of thioether (sulfide) groups is 1. The van der Waals surface area contributed by atoms with Gasteiger partial charge in [-0.15, -0.1) is 0 Å². The molecule has 2 saturated heterocycles. The lowest BCUT2D eigenvalue weighted by atomic mass is 10.2. The van der Waals surface area contributed by atoms with Crippen LogP contribution < -0.4 is 15.4 Å². The molecule has 2 aliphatic rings. The van der Waals surface area contributed by atoms with Gasteiger partial charge in [0, 0.05) is 44.1 Å². The van der Waals surface area contributed by atoms with Gasteiger partial charge in [0.25, 0.3) is 11.5 Å². The van der Waals surface area contributed by atoms with Crippen LogP contribution in [-0.2, 0) is 4.79 Å². The maximum Gasteiger partial charge on any atom is 0.267 e. The molecular weight excluding hydrogens is 490 g/mol. The number of anilines is 2. The lowest BCUT2D eigenvalue weighted by Crippen LogP contribution is -2.47. The normalized spacial score (nSPS) is 18.5. The smallest absolute Gasteiger partial charge is 0.267 e. The molecule has 186 valence electrons. The van der Waals surface area contributed by atoms with Crippen molar-refractivity contribution < 1.29 is 4.79 Å². The number of para-hydroxylation sites is 1. The molecule has 1 amide bonds. The third-order valence-corrected chi connectivity index (χ3v) is 8.23. The first kappa shape index (κ1) is 24.5. The number of rotatable bonds is 5. The quantitative estimate of drug-likeness (QED) is 0.367. The van der Waals surface area contributed by atoms with Crippen molar-refractivity contribution in [3.05, 3.63) is 75.0 Å². The summed E-state index contributed by atoms with van der Waals surface area (Å²) in [7, 11) is 0. The summed E-state index contributed by atoms with van der Waals surface area (Å²) in [5.74, 6) is 0.476. The molecule has 3 aromatic rings. The first-order valence-corrected chi connectivity index (χ1v) is 13.5. The maximum atomic E-state index is 13.8. The van der Waals surface area contributed by atoms with Gasteiger partial charge in [0.15, 0.2) is 0 Å². The average molecular weight is 520 g/mol. The van der Waals surface area contributed by atoms with Gasteiger partial charge in [-0.3, -0.25) is 18.9 Å². The van der Waals surface area contributed by atoms with Crippen LogP contribution in [0.5, 0.6) is 0 Å². The zero-order valence-electron chi connectivity index (χ0n) is 20.7. The van der Waals surface area contributed by atoms with Gasteiger partial charge in [-0.2, -0.15) is 0 Å². The second-order valence-electron chi connectivity index (χ2n) is 9.16. The molecule has 5 rings (SSSR count). The van der Waals surface area contributed by atoms with E-state index in [1.165, 1.54) is 17.4 Å². The first-order chi connectivity index (χ1) is 17.4. The van der Waals surface area contributed by atoms with Gasteiger partial charge < -0.3 is 9.80 Å². The Bertz CT molecular complexity index is 1410. The van der Waals surface area contributed by atoms with Crippen LogP contribution in [0.15, 0.2) is 58.4 Å². The number of pyridine rings is 1. The Hall–Kier alpha value is -3.17. The minimum Gasteiger partial charge on any atom is -0.368 e. The van der Waals surface area contributed by atoms with E-state index in [9.17, 15) is 9.59 Å². The Morgan fingerprint density at radius 1 is 1.06 bits per heavy atom. The van der Waals surface area contributed by atoms with Crippen molar-refractivity contribution in [1.82, 2.24) is 14.3 Å². The zero-order valence-corrected chi connectivity index (χ0v) is 22.3. The number of thiocarbonyl (C=S) groups is 1. The number of amides is 1. The fourth-order valence-electron chi connectivity index (χ4n) is 4.66. The molecule has 1 aromatic carbocycles. The number of hydrogen-bond donors (Lipinski definition) is 0. The van der Waals surface area contributed by atoms with E-state index in [1.54, 1.807) is 21.6 Å². The van der Waals surface area contributed by atoms with Gasteiger partial charge in [0.05, 0.1) is 10.5 Å². The molecule has 0 saturated carbocycles. The van der Waals surface area contributed by atoms with E-state index in [1.807, 2.05) is 51.1 Å². The summed E-state index contributed by atoms with van der Waals surface area (Å²) in [5.41, 5.74) is 2.99. The second kappa shape index (κ2) is 10.1. The van der Waals surface area contributed by atoms with Crippen LogP contribution in [0.1, 0.15) is 31.4 Å². The average Bonchev–Trinajstić information content (AvgIpc) is 3.18. The number of aryl methyl sites for hydroxylation is 1. The van der Waals surface area contributed by atoms with Gasteiger partial charge in [-0.05, 0) is 50.1 Å². The zero-order chi connectivity index (χ0) is 25.4. The molecule has 1 atom stereocenters. The number of fused-ring (bicyclic) bond motifs is 1. The van der Waals surface area contributed by atoms with Crippen LogP contribution in [0.3, 0.4) is 0 Å². The van der Waals surface area contributed by atoms with Crippen molar-refractivity contribution in [2.75, 3.05) is 36.0 Å². The highest BCUT2D eigenvalue weighted by molar-refractivity contribution is 8.26. The summed E-state index contributed by atoms with van der Waals surface area (Å²) in [4.78, 5) is 38.6. The molecule has 4 heterocycles. The lowest BCUT2D eigenvalue weighted by Gasteiger charge is -2.37. The van der Waals surface area contributed by atoms with Crippen molar-refractivity contribution in [3.8, 4) is 0 Å². The molecule has 0 aliphatic carbocycles. The molecule has 0 spiro atoms. The SMILES string of the molecule is CCC(C)N1C(=O)C(=Cc2c(N3CCN(c4ccccc4)CC3)nc3c(C)cccn3c2=O)SC1=S. The predicted molar refractivity (Wildman–Crippen MR) is 152 cm³/mol. The third kappa shape index (κ3) is 4.41. The summed E-state index contributed by atoms with van der Waals surface area (Å²) >= 11 is 6.77. The van der Waals surface area contributed by atoms with Crippen molar-refractivity contribution in [3.63, 3.8) is 0 Å². The van der Waals surface area contributed by atoms with Gasteiger partial charge in [0.2, 0.25) is 0 Å². The van der Waals surface area contributed by atoms with E-state index >= 15 is 0 Å². The molecule has 2 fully saturated rings. The van der Waals surface area contributed by atoms with Crippen LogP contribution in [0.25, 0.3) is 11.7 Å². The topological polar surface area (TPSA) is 61.2 Å². The van der Waals surface area contributed by atoms with Gasteiger partial charge in [0.1, 0.15) is 15.8 Å². The van der Waals surface area contributed by atoms with Crippen molar-refractivity contribution in [2.45, 2.75) is 33.2 Å².